The molecule has 0 unspecified atom stereocenters. The number of aromatic hydroxyl groups is 1. The molecular formula is C18H16BrIN2O2S. The molecule has 2 aromatic rings. The Kier molecular flexibility index (Phi) is 5.96. The van der Waals surface area contributed by atoms with Crippen molar-refractivity contribution in [2.75, 3.05) is 5.32 Å². The molecule has 1 heterocycles. The van der Waals surface area contributed by atoms with Crippen molar-refractivity contribution in [3.63, 3.8) is 0 Å². The fourth-order valence-electron chi connectivity index (χ4n) is 2.37. The molecule has 1 saturated heterocycles. The van der Waals surface area contributed by atoms with Gasteiger partial charge in [0.15, 0.2) is 5.50 Å². The standard InChI is InChI=1S/C18H16BrIN2O2S/c1-2-10-3-5-12(6-4-10)21-18-22-17(24)15(25-18)9-11-7-13(19)16(23)14(20)8-11/h3-9,18,21,23H,2H2,1H3,(H,22,24)/b15-9-/t18-/m0/s1. The van der Waals surface area contributed by atoms with E-state index in [1.807, 2.05) is 24.3 Å². The van der Waals surface area contributed by atoms with Gasteiger partial charge in [0.25, 0.3) is 5.91 Å². The molecule has 3 rings (SSSR count). The first-order valence-corrected chi connectivity index (χ1v) is 10.4. The maximum Gasteiger partial charge on any atom is 0.260 e. The topological polar surface area (TPSA) is 61.4 Å². The summed E-state index contributed by atoms with van der Waals surface area (Å²) in [5.41, 5.74) is 2.91. The quantitative estimate of drug-likeness (QED) is 0.388. The number of hydrogen-bond acceptors (Lipinski definition) is 4. The fraction of sp³-hybridized carbons (Fsp3) is 0.167. The smallest absolute Gasteiger partial charge is 0.260 e. The molecule has 0 aliphatic carbocycles. The van der Waals surface area contributed by atoms with Gasteiger partial charge in [-0.3, -0.25) is 4.79 Å². The van der Waals surface area contributed by atoms with Crippen molar-refractivity contribution in [2.24, 2.45) is 0 Å². The summed E-state index contributed by atoms with van der Waals surface area (Å²) >= 11 is 6.83. The summed E-state index contributed by atoms with van der Waals surface area (Å²) in [5, 5.41) is 16.1. The second-order valence-corrected chi connectivity index (χ2v) is 8.67. The van der Waals surface area contributed by atoms with E-state index in [1.165, 1.54) is 17.3 Å². The molecule has 0 spiro atoms. The van der Waals surface area contributed by atoms with Crippen molar-refractivity contribution >= 4 is 68.0 Å². The highest BCUT2D eigenvalue weighted by atomic mass is 127. The molecule has 1 fully saturated rings. The first kappa shape index (κ1) is 18.6. The number of hydrogen-bond donors (Lipinski definition) is 3. The summed E-state index contributed by atoms with van der Waals surface area (Å²) in [7, 11) is 0. The largest absolute Gasteiger partial charge is 0.506 e. The maximum absolute atomic E-state index is 12.2. The number of amides is 1. The molecule has 25 heavy (non-hydrogen) atoms. The second-order valence-electron chi connectivity index (χ2n) is 5.51. The highest BCUT2D eigenvalue weighted by Crippen LogP contribution is 2.34. The Morgan fingerprint density at radius 1 is 1.36 bits per heavy atom. The van der Waals surface area contributed by atoms with Gasteiger partial charge >= 0.3 is 0 Å². The average molecular weight is 531 g/mol. The van der Waals surface area contributed by atoms with Crippen LogP contribution in [0.1, 0.15) is 18.1 Å². The van der Waals surface area contributed by atoms with Crippen molar-refractivity contribution in [3.05, 3.63) is 60.5 Å². The Morgan fingerprint density at radius 2 is 2.08 bits per heavy atom. The zero-order valence-electron chi connectivity index (χ0n) is 13.3. The van der Waals surface area contributed by atoms with Crippen LogP contribution in [0.3, 0.4) is 0 Å². The molecule has 1 aliphatic rings. The lowest BCUT2D eigenvalue weighted by atomic mass is 10.1. The first-order valence-electron chi connectivity index (χ1n) is 7.69. The van der Waals surface area contributed by atoms with Gasteiger partial charge in [0.1, 0.15) is 5.75 Å². The maximum atomic E-state index is 12.2. The van der Waals surface area contributed by atoms with E-state index < -0.39 is 0 Å². The molecule has 0 saturated carbocycles. The Labute approximate surface area is 172 Å². The summed E-state index contributed by atoms with van der Waals surface area (Å²) in [6.07, 6.45) is 2.83. The van der Waals surface area contributed by atoms with E-state index in [2.05, 4.69) is 68.2 Å². The van der Waals surface area contributed by atoms with Gasteiger partial charge in [-0.05, 0) is 86.4 Å². The molecule has 1 aliphatic heterocycles. The number of aryl methyl sites for hydroxylation is 1. The molecule has 130 valence electrons. The summed E-state index contributed by atoms with van der Waals surface area (Å²) in [4.78, 5) is 12.8. The fourth-order valence-corrected chi connectivity index (χ4v) is 4.86. The van der Waals surface area contributed by atoms with Crippen LogP contribution in [0.2, 0.25) is 0 Å². The molecule has 2 aromatic carbocycles. The van der Waals surface area contributed by atoms with Crippen molar-refractivity contribution in [1.29, 1.82) is 0 Å². The number of benzene rings is 2. The normalized spacial score (nSPS) is 18.4. The summed E-state index contributed by atoms with van der Waals surface area (Å²) in [6.45, 7) is 2.12. The lowest BCUT2D eigenvalue weighted by Gasteiger charge is -2.12. The Balaban J connectivity index is 1.73. The van der Waals surface area contributed by atoms with Crippen LogP contribution in [0.15, 0.2) is 45.8 Å². The number of phenolic OH excluding ortho intramolecular Hbond substituents is 1. The number of carbonyl (C=O) groups excluding carboxylic acids is 1. The van der Waals surface area contributed by atoms with E-state index in [0.717, 1.165) is 21.2 Å². The van der Waals surface area contributed by atoms with Gasteiger partial charge in [-0.15, -0.1) is 0 Å². The molecule has 3 N–H and O–H groups in total. The van der Waals surface area contributed by atoms with Crippen molar-refractivity contribution in [2.45, 2.75) is 18.8 Å². The summed E-state index contributed by atoms with van der Waals surface area (Å²) < 4.78 is 1.34. The van der Waals surface area contributed by atoms with Crippen LogP contribution in [0.4, 0.5) is 5.69 Å². The Morgan fingerprint density at radius 3 is 2.72 bits per heavy atom. The van der Waals surface area contributed by atoms with Crippen LogP contribution in [0.5, 0.6) is 5.75 Å². The predicted octanol–water partition coefficient (Wildman–Crippen LogP) is 4.92. The molecule has 4 nitrogen and oxygen atoms in total. The molecule has 0 radical (unpaired) electrons. The zero-order valence-corrected chi connectivity index (χ0v) is 17.9. The van der Waals surface area contributed by atoms with Gasteiger partial charge in [-0.1, -0.05) is 30.8 Å². The minimum atomic E-state index is -0.203. The van der Waals surface area contributed by atoms with Crippen LogP contribution >= 0.6 is 50.3 Å². The lowest BCUT2D eigenvalue weighted by Crippen LogP contribution is -2.30. The number of rotatable bonds is 4. The van der Waals surface area contributed by atoms with Crippen molar-refractivity contribution in [1.82, 2.24) is 5.32 Å². The Hall–Kier alpha value is -1.19. The van der Waals surface area contributed by atoms with Crippen LogP contribution in [-0.2, 0) is 11.2 Å². The zero-order chi connectivity index (χ0) is 18.0. The lowest BCUT2D eigenvalue weighted by molar-refractivity contribution is -0.116. The number of nitrogens with one attached hydrogen (secondary N) is 2. The number of thioether (sulfide) groups is 1. The van der Waals surface area contributed by atoms with E-state index in [9.17, 15) is 9.90 Å². The number of halogens is 2. The van der Waals surface area contributed by atoms with E-state index in [4.69, 9.17) is 0 Å². The van der Waals surface area contributed by atoms with Gasteiger partial charge in [-0.25, -0.2) is 0 Å². The van der Waals surface area contributed by atoms with Gasteiger partial charge in [0.2, 0.25) is 0 Å². The third-order valence-corrected chi connectivity index (χ3v) is 6.18. The number of anilines is 1. The van der Waals surface area contributed by atoms with E-state index in [-0.39, 0.29) is 17.2 Å². The third-order valence-electron chi connectivity index (χ3n) is 3.73. The van der Waals surface area contributed by atoms with E-state index >= 15 is 0 Å². The molecule has 0 aromatic heterocycles. The molecule has 1 atom stereocenters. The molecular weight excluding hydrogens is 515 g/mol. The average Bonchev–Trinajstić information content (AvgIpc) is 2.92. The van der Waals surface area contributed by atoms with Gasteiger partial charge < -0.3 is 15.7 Å². The van der Waals surface area contributed by atoms with Crippen LogP contribution in [0, 0.1) is 3.57 Å². The predicted molar refractivity (Wildman–Crippen MR) is 115 cm³/mol. The van der Waals surface area contributed by atoms with Crippen LogP contribution < -0.4 is 10.6 Å². The second kappa shape index (κ2) is 8.01. The number of carbonyl (C=O) groups is 1. The van der Waals surface area contributed by atoms with Gasteiger partial charge in [0.05, 0.1) is 12.9 Å². The van der Waals surface area contributed by atoms with Crippen molar-refractivity contribution in [3.8, 4) is 5.75 Å². The third kappa shape index (κ3) is 4.51. The number of phenols is 1. The minimum Gasteiger partial charge on any atom is -0.506 e. The molecule has 7 heteroatoms. The van der Waals surface area contributed by atoms with Gasteiger partial charge in [0, 0.05) is 5.69 Å². The highest BCUT2D eigenvalue weighted by molar-refractivity contribution is 14.1. The monoisotopic (exact) mass is 530 g/mol. The van der Waals surface area contributed by atoms with Crippen LogP contribution in [-0.4, -0.2) is 16.5 Å². The highest BCUT2D eigenvalue weighted by Gasteiger charge is 2.27. The van der Waals surface area contributed by atoms with Gasteiger partial charge in [-0.2, -0.15) is 0 Å². The molecule has 0 bridgehead atoms. The SMILES string of the molecule is CCc1ccc(N[C@H]2NC(=O)/C(=C/c3cc(Br)c(O)c(I)c3)S2)cc1. The van der Waals surface area contributed by atoms with E-state index in [0.29, 0.717) is 9.38 Å². The van der Waals surface area contributed by atoms with Crippen LogP contribution in [0.25, 0.3) is 6.08 Å². The Bertz CT molecular complexity index is 816. The summed E-state index contributed by atoms with van der Waals surface area (Å²) in [6, 6.07) is 11.8. The summed E-state index contributed by atoms with van der Waals surface area (Å²) in [5.74, 6) is 0.105. The molecule has 1 amide bonds. The van der Waals surface area contributed by atoms with Crippen molar-refractivity contribution < 1.29 is 9.90 Å². The first-order chi connectivity index (χ1) is 12.0. The van der Waals surface area contributed by atoms with E-state index in [1.54, 1.807) is 6.07 Å². The minimum absolute atomic E-state index is 0.105.